The Bertz CT molecular complexity index is 1120. The molecule has 4 rings (SSSR count). The standard InChI is InChI=1S/C24H27NO5/c1-4-15-10-18-16(11-24(27)30-23(18)13-21(15)26)14-25-9-5-6-20(25)19-12-17(28-2)7-8-22(19)29-3/h7-8,10-13,20,26H,4-6,9,14H2,1-3H3/p+1/t20-/m1/s1. The summed E-state index contributed by atoms with van der Waals surface area (Å²) in [6, 6.07) is 11.3. The highest BCUT2D eigenvalue weighted by Gasteiger charge is 2.33. The van der Waals surface area contributed by atoms with Crippen LogP contribution in [0.4, 0.5) is 0 Å². The van der Waals surface area contributed by atoms with E-state index in [0.717, 1.165) is 53.0 Å². The van der Waals surface area contributed by atoms with Gasteiger partial charge in [-0.2, -0.15) is 0 Å². The number of fused-ring (bicyclic) bond motifs is 1. The summed E-state index contributed by atoms with van der Waals surface area (Å²) in [4.78, 5) is 13.6. The van der Waals surface area contributed by atoms with Crippen LogP contribution in [-0.2, 0) is 13.0 Å². The zero-order chi connectivity index (χ0) is 21.3. The van der Waals surface area contributed by atoms with E-state index in [4.69, 9.17) is 13.9 Å². The lowest BCUT2D eigenvalue weighted by Crippen LogP contribution is -3.08. The first-order valence-electron chi connectivity index (χ1n) is 10.4. The van der Waals surface area contributed by atoms with E-state index in [0.29, 0.717) is 18.5 Å². The average Bonchev–Trinajstić information content (AvgIpc) is 3.20. The summed E-state index contributed by atoms with van der Waals surface area (Å²) in [5, 5.41) is 11.1. The van der Waals surface area contributed by atoms with Crippen LogP contribution in [0.25, 0.3) is 11.0 Å². The van der Waals surface area contributed by atoms with Crippen molar-refractivity contribution in [1.82, 2.24) is 0 Å². The average molecular weight is 410 g/mol. The van der Waals surface area contributed by atoms with Gasteiger partial charge in [-0.15, -0.1) is 0 Å². The molecule has 1 saturated heterocycles. The van der Waals surface area contributed by atoms with Crippen molar-refractivity contribution in [2.45, 2.75) is 38.8 Å². The molecule has 0 radical (unpaired) electrons. The first-order valence-corrected chi connectivity index (χ1v) is 10.4. The summed E-state index contributed by atoms with van der Waals surface area (Å²) in [7, 11) is 3.36. The van der Waals surface area contributed by atoms with E-state index in [1.807, 2.05) is 25.1 Å². The summed E-state index contributed by atoms with van der Waals surface area (Å²) < 4.78 is 16.4. The van der Waals surface area contributed by atoms with Gasteiger partial charge in [0, 0.05) is 35.9 Å². The summed E-state index contributed by atoms with van der Waals surface area (Å²) in [5.41, 5.74) is 2.96. The van der Waals surface area contributed by atoms with Crippen LogP contribution in [0.15, 0.2) is 45.6 Å². The second-order valence-corrected chi connectivity index (χ2v) is 7.81. The van der Waals surface area contributed by atoms with E-state index >= 15 is 0 Å². The number of aromatic hydroxyl groups is 1. The van der Waals surface area contributed by atoms with Crippen molar-refractivity contribution >= 4 is 11.0 Å². The lowest BCUT2D eigenvalue weighted by Gasteiger charge is -2.24. The van der Waals surface area contributed by atoms with E-state index in [1.54, 1.807) is 26.4 Å². The number of phenolic OH excluding ortho intramolecular Hbond substituents is 1. The van der Waals surface area contributed by atoms with Crippen LogP contribution in [0.1, 0.15) is 42.5 Å². The van der Waals surface area contributed by atoms with Gasteiger partial charge in [0.25, 0.3) is 0 Å². The molecule has 0 saturated carbocycles. The molecule has 6 heteroatoms. The van der Waals surface area contributed by atoms with Crippen molar-refractivity contribution in [2.75, 3.05) is 20.8 Å². The highest BCUT2D eigenvalue weighted by Crippen LogP contribution is 2.32. The fraction of sp³-hybridized carbons (Fsp3) is 0.375. The van der Waals surface area contributed by atoms with Crippen LogP contribution in [0.3, 0.4) is 0 Å². The smallest absolute Gasteiger partial charge is 0.336 e. The van der Waals surface area contributed by atoms with Gasteiger partial charge in [-0.3, -0.25) is 0 Å². The van der Waals surface area contributed by atoms with Crippen LogP contribution in [0.5, 0.6) is 17.2 Å². The van der Waals surface area contributed by atoms with Gasteiger partial charge in [0.2, 0.25) is 0 Å². The monoisotopic (exact) mass is 410 g/mol. The van der Waals surface area contributed by atoms with Crippen molar-refractivity contribution < 1.29 is 23.9 Å². The molecule has 6 nitrogen and oxygen atoms in total. The Morgan fingerprint density at radius 2 is 1.97 bits per heavy atom. The third kappa shape index (κ3) is 3.75. The molecule has 30 heavy (non-hydrogen) atoms. The molecule has 0 bridgehead atoms. The van der Waals surface area contributed by atoms with Crippen molar-refractivity contribution in [1.29, 1.82) is 0 Å². The highest BCUT2D eigenvalue weighted by atomic mass is 16.5. The molecule has 2 heterocycles. The minimum atomic E-state index is -0.393. The maximum Gasteiger partial charge on any atom is 0.336 e. The van der Waals surface area contributed by atoms with Crippen LogP contribution >= 0.6 is 0 Å². The maximum atomic E-state index is 12.2. The topological polar surface area (TPSA) is 73.3 Å². The second-order valence-electron chi connectivity index (χ2n) is 7.81. The minimum Gasteiger partial charge on any atom is -0.508 e. The number of methoxy groups -OCH3 is 2. The van der Waals surface area contributed by atoms with Crippen molar-refractivity contribution in [3.8, 4) is 17.2 Å². The summed E-state index contributed by atoms with van der Waals surface area (Å²) in [5.74, 6) is 1.83. The molecule has 2 aromatic carbocycles. The number of likely N-dealkylation sites (tertiary alicyclic amines) is 1. The van der Waals surface area contributed by atoms with Crippen LogP contribution < -0.4 is 20.0 Å². The van der Waals surface area contributed by atoms with E-state index in [2.05, 4.69) is 6.07 Å². The molecule has 1 aromatic heterocycles. The van der Waals surface area contributed by atoms with Gasteiger partial charge in [-0.05, 0) is 36.2 Å². The Hall–Kier alpha value is -2.99. The third-order valence-corrected chi connectivity index (χ3v) is 6.12. The molecule has 1 aliphatic rings. The van der Waals surface area contributed by atoms with Gasteiger partial charge in [0.05, 0.1) is 26.3 Å². The Kier molecular flexibility index (Phi) is 5.68. The van der Waals surface area contributed by atoms with Gasteiger partial charge in [-0.25, -0.2) is 4.79 Å². The number of ether oxygens (including phenoxy) is 2. The number of aryl methyl sites for hydroxylation is 1. The van der Waals surface area contributed by atoms with Gasteiger partial charge in [-0.1, -0.05) is 6.92 Å². The highest BCUT2D eigenvalue weighted by molar-refractivity contribution is 5.82. The number of nitrogens with one attached hydrogen (secondary N) is 1. The van der Waals surface area contributed by atoms with Gasteiger partial charge in [0.15, 0.2) is 0 Å². The molecule has 0 aliphatic carbocycles. The van der Waals surface area contributed by atoms with Crippen molar-refractivity contribution in [2.24, 2.45) is 0 Å². The molecule has 0 spiro atoms. The Morgan fingerprint density at radius 3 is 2.70 bits per heavy atom. The molecule has 1 aliphatic heterocycles. The van der Waals surface area contributed by atoms with Crippen LogP contribution in [0.2, 0.25) is 0 Å². The lowest BCUT2D eigenvalue weighted by molar-refractivity contribution is -0.931. The van der Waals surface area contributed by atoms with E-state index in [1.165, 1.54) is 4.90 Å². The quantitative estimate of drug-likeness (QED) is 0.611. The molecule has 3 aromatic rings. The predicted molar refractivity (Wildman–Crippen MR) is 115 cm³/mol. The predicted octanol–water partition coefficient (Wildman–Crippen LogP) is 3.00. The molecule has 0 amide bonds. The molecule has 2 atom stereocenters. The third-order valence-electron chi connectivity index (χ3n) is 6.12. The van der Waals surface area contributed by atoms with Crippen LogP contribution in [-0.4, -0.2) is 25.9 Å². The van der Waals surface area contributed by atoms with E-state index < -0.39 is 5.63 Å². The molecule has 2 N–H and O–H groups in total. The first kappa shape index (κ1) is 20.3. The fourth-order valence-electron chi connectivity index (χ4n) is 4.59. The maximum absolute atomic E-state index is 12.2. The SMILES string of the molecule is CCc1cc2c(C[NH+]3CCC[C@@H]3c3cc(OC)ccc3OC)cc(=O)oc2cc1O. The normalized spacial score (nSPS) is 18.6. The summed E-state index contributed by atoms with van der Waals surface area (Å²) >= 11 is 0. The number of quaternary nitrogens is 1. The summed E-state index contributed by atoms with van der Waals surface area (Å²) in [6.07, 6.45) is 2.85. The molecular weight excluding hydrogens is 382 g/mol. The Balaban J connectivity index is 1.74. The molecule has 1 unspecified atom stereocenters. The number of hydrogen-bond acceptors (Lipinski definition) is 5. The second kappa shape index (κ2) is 8.40. The zero-order valence-electron chi connectivity index (χ0n) is 17.7. The molecule has 1 fully saturated rings. The number of rotatable bonds is 6. The Morgan fingerprint density at radius 1 is 1.13 bits per heavy atom. The zero-order valence-corrected chi connectivity index (χ0v) is 17.7. The fourth-order valence-corrected chi connectivity index (χ4v) is 4.59. The molecule has 158 valence electrons. The van der Waals surface area contributed by atoms with Crippen LogP contribution in [0, 0.1) is 0 Å². The van der Waals surface area contributed by atoms with Crippen molar-refractivity contribution in [3.05, 3.63) is 63.5 Å². The van der Waals surface area contributed by atoms with Gasteiger partial charge >= 0.3 is 5.63 Å². The largest absolute Gasteiger partial charge is 0.508 e. The minimum absolute atomic E-state index is 0.165. The molecular formula is C24H28NO5+. The summed E-state index contributed by atoms with van der Waals surface area (Å²) in [6.45, 7) is 3.70. The Labute approximate surface area is 175 Å². The first-order chi connectivity index (χ1) is 14.5. The lowest BCUT2D eigenvalue weighted by atomic mass is 10.0. The van der Waals surface area contributed by atoms with Gasteiger partial charge < -0.3 is 23.9 Å². The number of benzene rings is 2. The van der Waals surface area contributed by atoms with Crippen molar-refractivity contribution in [3.63, 3.8) is 0 Å². The number of hydrogen-bond donors (Lipinski definition) is 2. The van der Waals surface area contributed by atoms with Gasteiger partial charge in [0.1, 0.15) is 35.4 Å². The van der Waals surface area contributed by atoms with E-state index in [9.17, 15) is 9.90 Å². The number of phenols is 1. The van der Waals surface area contributed by atoms with E-state index in [-0.39, 0.29) is 11.8 Å².